The zero-order valence-electron chi connectivity index (χ0n) is 16.1. The van der Waals surface area contributed by atoms with Gasteiger partial charge in [-0.2, -0.15) is 0 Å². The van der Waals surface area contributed by atoms with Crippen molar-refractivity contribution in [2.24, 2.45) is 0 Å². The Balaban J connectivity index is 1.20. The van der Waals surface area contributed by atoms with Crippen molar-refractivity contribution >= 4 is 22.6 Å². The second-order valence-corrected chi connectivity index (χ2v) is 7.77. The molecule has 1 saturated heterocycles. The molecule has 3 heterocycles. The third-order valence-electron chi connectivity index (χ3n) is 6.12. The molecular weight excluding hydrogens is 369 g/mol. The Bertz CT molecular complexity index is 1060. The molecule has 0 atom stereocenters. The number of likely N-dealkylation sites (tertiary alicyclic amines) is 1. The lowest BCUT2D eigenvalue weighted by Gasteiger charge is -2.32. The molecule has 2 aliphatic rings. The molecule has 5 rings (SSSR count). The fourth-order valence-electron chi connectivity index (χ4n) is 4.47. The lowest BCUT2D eigenvalue weighted by Crippen LogP contribution is -2.39. The van der Waals surface area contributed by atoms with Gasteiger partial charge in [-0.05, 0) is 44.1 Å². The fourth-order valence-corrected chi connectivity index (χ4v) is 4.47. The molecule has 3 aromatic rings. The van der Waals surface area contributed by atoms with E-state index in [1.807, 2.05) is 24.3 Å². The molecule has 6 heteroatoms. The molecule has 0 radical (unpaired) electrons. The third kappa shape index (κ3) is 3.13. The minimum absolute atomic E-state index is 0.0433. The number of rotatable bonds is 4. The van der Waals surface area contributed by atoms with E-state index in [-0.39, 0.29) is 11.7 Å². The van der Waals surface area contributed by atoms with Crippen LogP contribution in [-0.2, 0) is 0 Å². The number of hydrogen-bond donors (Lipinski definition) is 0. The highest BCUT2D eigenvalue weighted by Gasteiger charge is 2.31. The highest BCUT2D eigenvalue weighted by molar-refractivity contribution is 6.08. The summed E-state index contributed by atoms with van der Waals surface area (Å²) in [7, 11) is 0. The first-order chi connectivity index (χ1) is 14.1. The summed E-state index contributed by atoms with van der Waals surface area (Å²) in [5.74, 6) is 0.0441. The molecule has 2 aliphatic heterocycles. The topological polar surface area (TPSA) is 49.6 Å². The van der Waals surface area contributed by atoms with Crippen molar-refractivity contribution in [1.82, 2.24) is 15.0 Å². The quantitative estimate of drug-likeness (QED) is 0.666. The maximum absolute atomic E-state index is 13.4. The predicted molar refractivity (Wildman–Crippen MR) is 109 cm³/mol. The van der Waals surface area contributed by atoms with Crippen LogP contribution in [0.5, 0.6) is 0 Å². The van der Waals surface area contributed by atoms with E-state index in [2.05, 4.69) is 16.6 Å². The molecule has 0 saturated carbocycles. The maximum atomic E-state index is 13.4. The number of carbonyl (C=O) groups is 1. The van der Waals surface area contributed by atoms with Crippen LogP contribution in [0.25, 0.3) is 16.7 Å². The minimum Gasteiger partial charge on any atom is -0.356 e. The summed E-state index contributed by atoms with van der Waals surface area (Å²) in [5.41, 5.74) is 3.91. The van der Waals surface area contributed by atoms with Crippen LogP contribution in [0.3, 0.4) is 0 Å². The summed E-state index contributed by atoms with van der Waals surface area (Å²) >= 11 is 0. The molecule has 0 bridgehead atoms. The van der Waals surface area contributed by atoms with Crippen LogP contribution in [0.4, 0.5) is 4.39 Å². The summed E-state index contributed by atoms with van der Waals surface area (Å²) in [4.78, 5) is 16.8. The van der Waals surface area contributed by atoms with E-state index in [0.29, 0.717) is 18.0 Å². The normalized spacial score (nSPS) is 18.0. The SMILES string of the molecule is C=C1c2ccccc2C(=O)N1CCN1CCC(c2noc3cc(F)ccc23)CC1. The zero-order chi connectivity index (χ0) is 20.0. The van der Waals surface area contributed by atoms with Crippen molar-refractivity contribution in [3.63, 3.8) is 0 Å². The van der Waals surface area contributed by atoms with Crippen molar-refractivity contribution in [2.75, 3.05) is 26.2 Å². The van der Waals surface area contributed by atoms with E-state index in [1.54, 1.807) is 11.0 Å². The second-order valence-electron chi connectivity index (χ2n) is 7.77. The van der Waals surface area contributed by atoms with E-state index in [1.165, 1.54) is 12.1 Å². The van der Waals surface area contributed by atoms with Crippen LogP contribution in [0.1, 0.15) is 40.4 Å². The lowest BCUT2D eigenvalue weighted by molar-refractivity contribution is 0.0831. The highest BCUT2D eigenvalue weighted by atomic mass is 19.1. The second kappa shape index (κ2) is 7.12. The number of nitrogens with zero attached hydrogens (tertiary/aromatic N) is 3. The molecule has 0 spiro atoms. The highest BCUT2D eigenvalue weighted by Crippen LogP contribution is 2.34. The van der Waals surface area contributed by atoms with Crippen molar-refractivity contribution in [3.05, 3.63) is 71.7 Å². The number of piperidine rings is 1. The Hall–Kier alpha value is -2.99. The maximum Gasteiger partial charge on any atom is 0.258 e. The Morgan fingerprint density at radius 3 is 2.62 bits per heavy atom. The van der Waals surface area contributed by atoms with Gasteiger partial charge < -0.3 is 14.3 Å². The van der Waals surface area contributed by atoms with Crippen LogP contribution >= 0.6 is 0 Å². The Morgan fingerprint density at radius 2 is 1.86 bits per heavy atom. The molecule has 1 fully saturated rings. The van der Waals surface area contributed by atoms with Crippen LogP contribution in [0.2, 0.25) is 0 Å². The molecular formula is C23H22FN3O2. The van der Waals surface area contributed by atoms with Gasteiger partial charge in [-0.15, -0.1) is 0 Å². The first-order valence-corrected chi connectivity index (χ1v) is 9.99. The Morgan fingerprint density at radius 1 is 1.10 bits per heavy atom. The van der Waals surface area contributed by atoms with Crippen molar-refractivity contribution in [1.29, 1.82) is 0 Å². The van der Waals surface area contributed by atoms with Crippen molar-refractivity contribution in [2.45, 2.75) is 18.8 Å². The van der Waals surface area contributed by atoms with Gasteiger partial charge in [0.15, 0.2) is 5.58 Å². The number of fused-ring (bicyclic) bond motifs is 2. The van der Waals surface area contributed by atoms with E-state index < -0.39 is 0 Å². The van der Waals surface area contributed by atoms with Crippen molar-refractivity contribution < 1.29 is 13.7 Å². The van der Waals surface area contributed by atoms with E-state index in [4.69, 9.17) is 4.52 Å². The number of halogens is 1. The standard InChI is InChI=1S/C23H22FN3O2/c1-15-18-4-2-3-5-19(18)23(28)27(15)13-12-26-10-8-16(9-11-26)22-20-7-6-17(24)14-21(20)29-25-22/h2-7,14,16H,1,8-13H2. The van der Waals surface area contributed by atoms with E-state index in [0.717, 1.165) is 60.4 Å². The van der Waals surface area contributed by atoms with Crippen LogP contribution in [0, 0.1) is 5.82 Å². The largest absolute Gasteiger partial charge is 0.356 e. The van der Waals surface area contributed by atoms with Crippen LogP contribution in [0.15, 0.2) is 53.6 Å². The van der Waals surface area contributed by atoms with Crippen LogP contribution in [-0.4, -0.2) is 47.0 Å². The summed E-state index contributed by atoms with van der Waals surface area (Å²) in [5, 5.41) is 5.12. The minimum atomic E-state index is -0.310. The molecule has 0 aliphatic carbocycles. The molecule has 5 nitrogen and oxygen atoms in total. The van der Waals surface area contributed by atoms with Gasteiger partial charge in [-0.3, -0.25) is 4.79 Å². The smallest absolute Gasteiger partial charge is 0.258 e. The summed E-state index contributed by atoms with van der Waals surface area (Å²) in [6.07, 6.45) is 1.93. The summed E-state index contributed by atoms with van der Waals surface area (Å²) in [6.45, 7) is 7.44. The molecule has 1 amide bonds. The van der Waals surface area contributed by atoms with Gasteiger partial charge in [-0.1, -0.05) is 29.9 Å². The summed E-state index contributed by atoms with van der Waals surface area (Å²) < 4.78 is 18.7. The van der Waals surface area contributed by atoms with Gasteiger partial charge in [0.1, 0.15) is 5.82 Å². The van der Waals surface area contributed by atoms with E-state index >= 15 is 0 Å². The monoisotopic (exact) mass is 391 g/mol. The van der Waals surface area contributed by atoms with Gasteiger partial charge in [0.25, 0.3) is 5.91 Å². The number of carbonyl (C=O) groups excluding carboxylic acids is 1. The Labute approximate surface area is 168 Å². The van der Waals surface area contributed by atoms with Gasteiger partial charge in [-0.25, -0.2) is 4.39 Å². The first kappa shape index (κ1) is 18.1. The molecule has 0 unspecified atom stereocenters. The third-order valence-corrected chi connectivity index (χ3v) is 6.12. The van der Waals surface area contributed by atoms with Gasteiger partial charge in [0, 0.05) is 47.3 Å². The number of benzene rings is 2. The molecule has 1 aromatic heterocycles. The fraction of sp³-hybridized carbons (Fsp3) is 0.304. The lowest BCUT2D eigenvalue weighted by atomic mass is 9.91. The Kier molecular flexibility index (Phi) is 4.43. The van der Waals surface area contributed by atoms with Crippen LogP contribution < -0.4 is 0 Å². The van der Waals surface area contributed by atoms with Gasteiger partial charge in [0.05, 0.1) is 5.69 Å². The van der Waals surface area contributed by atoms with Gasteiger partial charge >= 0.3 is 0 Å². The molecule has 2 aromatic carbocycles. The number of amides is 1. The molecule has 148 valence electrons. The number of aromatic nitrogens is 1. The van der Waals surface area contributed by atoms with Gasteiger partial charge in [0.2, 0.25) is 0 Å². The molecule has 0 N–H and O–H groups in total. The average Bonchev–Trinajstić information content (AvgIpc) is 3.26. The zero-order valence-corrected chi connectivity index (χ0v) is 16.1. The first-order valence-electron chi connectivity index (χ1n) is 9.99. The predicted octanol–water partition coefficient (Wildman–Crippen LogP) is 4.27. The summed E-state index contributed by atoms with van der Waals surface area (Å²) in [6, 6.07) is 12.2. The number of hydrogen-bond acceptors (Lipinski definition) is 4. The molecule has 29 heavy (non-hydrogen) atoms. The van der Waals surface area contributed by atoms with Crippen molar-refractivity contribution in [3.8, 4) is 0 Å². The van der Waals surface area contributed by atoms with E-state index in [9.17, 15) is 9.18 Å². The average molecular weight is 391 g/mol.